The lowest BCUT2D eigenvalue weighted by Gasteiger charge is -2.16. The number of hydrogen-bond acceptors (Lipinski definition) is 4. The zero-order valence-electron chi connectivity index (χ0n) is 11.8. The second-order valence-corrected chi connectivity index (χ2v) is 5.03. The number of anilines is 1. The Morgan fingerprint density at radius 3 is 2.85 bits per heavy atom. The number of fused-ring (bicyclic) bond motifs is 1. The predicted octanol–water partition coefficient (Wildman–Crippen LogP) is 0.749. The van der Waals surface area contributed by atoms with E-state index in [-0.39, 0.29) is 24.3 Å². The average molecular weight is 276 g/mol. The highest BCUT2D eigenvalue weighted by atomic mass is 16.3. The lowest BCUT2D eigenvalue weighted by molar-refractivity contribution is -0.116. The standard InChI is InChI=1S/C15H20N2O3/c1-10(16-6-8-18)15(20)13-3-4-14-12(9-13)5-7-17(14)11(2)19/h3-4,9-10,16,18H,5-8H2,1-2H3. The highest BCUT2D eigenvalue weighted by molar-refractivity contribution is 6.01. The van der Waals surface area contributed by atoms with Crippen molar-refractivity contribution in [2.75, 3.05) is 24.6 Å². The quantitative estimate of drug-likeness (QED) is 0.779. The number of Topliss-reactive ketones (excluding diaryl/α,β-unsaturated/α-hetero) is 1. The molecule has 0 fully saturated rings. The van der Waals surface area contributed by atoms with Crippen molar-refractivity contribution < 1.29 is 14.7 Å². The number of benzene rings is 1. The van der Waals surface area contributed by atoms with Gasteiger partial charge in [0.1, 0.15) is 0 Å². The van der Waals surface area contributed by atoms with Crippen molar-refractivity contribution in [2.24, 2.45) is 0 Å². The van der Waals surface area contributed by atoms with Crippen LogP contribution < -0.4 is 10.2 Å². The molecule has 1 aromatic rings. The number of aliphatic hydroxyl groups is 1. The predicted molar refractivity (Wildman–Crippen MR) is 77.1 cm³/mol. The normalized spacial score (nSPS) is 15.1. The minimum atomic E-state index is -0.328. The van der Waals surface area contributed by atoms with Gasteiger partial charge >= 0.3 is 0 Å². The topological polar surface area (TPSA) is 69.6 Å². The van der Waals surface area contributed by atoms with Gasteiger partial charge in [-0.1, -0.05) is 0 Å². The fraction of sp³-hybridized carbons (Fsp3) is 0.467. The largest absolute Gasteiger partial charge is 0.395 e. The van der Waals surface area contributed by atoms with E-state index in [9.17, 15) is 9.59 Å². The maximum atomic E-state index is 12.2. The fourth-order valence-electron chi connectivity index (χ4n) is 2.51. The Morgan fingerprint density at radius 1 is 1.45 bits per heavy atom. The lowest BCUT2D eigenvalue weighted by Crippen LogP contribution is -2.35. The third-order valence-electron chi connectivity index (χ3n) is 3.60. The molecule has 0 radical (unpaired) electrons. The van der Waals surface area contributed by atoms with Gasteiger partial charge in [0.25, 0.3) is 0 Å². The molecule has 5 nitrogen and oxygen atoms in total. The zero-order valence-corrected chi connectivity index (χ0v) is 11.8. The maximum Gasteiger partial charge on any atom is 0.223 e. The Morgan fingerprint density at radius 2 is 2.20 bits per heavy atom. The molecule has 1 heterocycles. The van der Waals surface area contributed by atoms with Gasteiger partial charge in [0.15, 0.2) is 5.78 Å². The number of carbonyl (C=O) groups excluding carboxylic acids is 2. The number of amides is 1. The van der Waals surface area contributed by atoms with Crippen LogP contribution in [0.3, 0.4) is 0 Å². The summed E-state index contributed by atoms with van der Waals surface area (Å²) in [7, 11) is 0. The zero-order chi connectivity index (χ0) is 14.7. The summed E-state index contributed by atoms with van der Waals surface area (Å²) in [6.45, 7) is 4.42. The first-order chi connectivity index (χ1) is 9.54. The van der Waals surface area contributed by atoms with Gasteiger partial charge in [-0.2, -0.15) is 0 Å². The van der Waals surface area contributed by atoms with Crippen molar-refractivity contribution in [3.05, 3.63) is 29.3 Å². The van der Waals surface area contributed by atoms with Crippen LogP contribution in [0.15, 0.2) is 18.2 Å². The Labute approximate surface area is 118 Å². The molecule has 0 aliphatic carbocycles. The number of hydrogen-bond donors (Lipinski definition) is 2. The maximum absolute atomic E-state index is 12.2. The Balaban J connectivity index is 2.16. The summed E-state index contributed by atoms with van der Waals surface area (Å²) in [4.78, 5) is 25.5. The molecule has 0 aromatic heterocycles. The van der Waals surface area contributed by atoms with E-state index in [2.05, 4.69) is 5.32 Å². The van der Waals surface area contributed by atoms with Gasteiger partial charge in [0.05, 0.1) is 12.6 Å². The summed E-state index contributed by atoms with van der Waals surface area (Å²) in [5, 5.41) is 11.7. The van der Waals surface area contributed by atoms with E-state index >= 15 is 0 Å². The summed E-state index contributed by atoms with van der Waals surface area (Å²) in [6.07, 6.45) is 0.786. The number of nitrogens with one attached hydrogen (secondary N) is 1. The van der Waals surface area contributed by atoms with Crippen LogP contribution in [0, 0.1) is 0 Å². The van der Waals surface area contributed by atoms with E-state index in [4.69, 9.17) is 5.11 Å². The molecule has 108 valence electrons. The Hall–Kier alpha value is -1.72. The number of ketones is 1. The Kier molecular flexibility index (Phi) is 4.52. The molecule has 1 aromatic carbocycles. The van der Waals surface area contributed by atoms with Gasteiger partial charge in [-0.25, -0.2) is 0 Å². The van der Waals surface area contributed by atoms with Gasteiger partial charge in [-0.3, -0.25) is 9.59 Å². The van der Waals surface area contributed by atoms with E-state index in [0.29, 0.717) is 18.7 Å². The average Bonchev–Trinajstić information content (AvgIpc) is 2.86. The molecule has 2 N–H and O–H groups in total. The van der Waals surface area contributed by atoms with Crippen molar-refractivity contribution in [3.63, 3.8) is 0 Å². The second-order valence-electron chi connectivity index (χ2n) is 5.03. The number of aliphatic hydroxyl groups excluding tert-OH is 1. The molecule has 1 aliphatic rings. The van der Waals surface area contributed by atoms with Crippen molar-refractivity contribution >= 4 is 17.4 Å². The highest BCUT2D eigenvalue weighted by Gasteiger charge is 2.24. The van der Waals surface area contributed by atoms with Crippen molar-refractivity contribution in [1.82, 2.24) is 5.32 Å². The molecule has 1 unspecified atom stereocenters. The molecule has 1 amide bonds. The molecule has 0 bridgehead atoms. The molecular weight excluding hydrogens is 256 g/mol. The van der Waals surface area contributed by atoms with Gasteiger partial charge in [-0.15, -0.1) is 0 Å². The molecule has 0 spiro atoms. The lowest BCUT2D eigenvalue weighted by atomic mass is 10.0. The number of carbonyl (C=O) groups is 2. The molecule has 5 heteroatoms. The van der Waals surface area contributed by atoms with Crippen LogP contribution in [-0.4, -0.2) is 42.5 Å². The third-order valence-corrected chi connectivity index (χ3v) is 3.60. The summed E-state index contributed by atoms with van der Waals surface area (Å²) in [6, 6.07) is 5.15. The van der Waals surface area contributed by atoms with Crippen LogP contribution in [0.5, 0.6) is 0 Å². The number of nitrogens with zero attached hydrogens (tertiary/aromatic N) is 1. The molecule has 1 atom stereocenters. The van der Waals surface area contributed by atoms with E-state index < -0.39 is 0 Å². The second kappa shape index (κ2) is 6.15. The minimum absolute atomic E-state index is 0.00234. The van der Waals surface area contributed by atoms with Crippen LogP contribution in [0.25, 0.3) is 0 Å². The van der Waals surface area contributed by atoms with Crippen LogP contribution in [-0.2, 0) is 11.2 Å². The van der Waals surface area contributed by atoms with E-state index in [0.717, 1.165) is 17.7 Å². The molecule has 0 saturated heterocycles. The van der Waals surface area contributed by atoms with E-state index in [1.165, 1.54) is 0 Å². The fourth-order valence-corrected chi connectivity index (χ4v) is 2.51. The summed E-state index contributed by atoms with van der Waals surface area (Å²) in [5.74, 6) is 0.0309. The van der Waals surface area contributed by atoms with Crippen molar-refractivity contribution in [1.29, 1.82) is 0 Å². The number of rotatable bonds is 5. The van der Waals surface area contributed by atoms with Gasteiger partial charge in [0.2, 0.25) is 5.91 Å². The summed E-state index contributed by atoms with van der Waals surface area (Å²) < 4.78 is 0. The minimum Gasteiger partial charge on any atom is -0.395 e. The highest BCUT2D eigenvalue weighted by Crippen LogP contribution is 2.29. The summed E-state index contributed by atoms with van der Waals surface area (Å²) in [5.41, 5.74) is 2.59. The first-order valence-corrected chi connectivity index (χ1v) is 6.84. The summed E-state index contributed by atoms with van der Waals surface area (Å²) >= 11 is 0. The van der Waals surface area contributed by atoms with Crippen LogP contribution >= 0.6 is 0 Å². The Bertz CT molecular complexity index is 528. The molecule has 20 heavy (non-hydrogen) atoms. The monoisotopic (exact) mass is 276 g/mol. The van der Waals surface area contributed by atoms with Crippen LogP contribution in [0.4, 0.5) is 5.69 Å². The van der Waals surface area contributed by atoms with Crippen LogP contribution in [0.1, 0.15) is 29.8 Å². The molecule has 2 rings (SSSR count). The first kappa shape index (κ1) is 14.7. The van der Waals surface area contributed by atoms with Crippen LogP contribution in [0.2, 0.25) is 0 Å². The van der Waals surface area contributed by atoms with Gasteiger partial charge in [-0.05, 0) is 37.1 Å². The third kappa shape index (κ3) is 2.89. The first-order valence-electron chi connectivity index (χ1n) is 6.84. The van der Waals surface area contributed by atoms with Gasteiger partial charge in [0, 0.05) is 31.3 Å². The van der Waals surface area contributed by atoms with Crippen molar-refractivity contribution in [3.8, 4) is 0 Å². The SMILES string of the molecule is CC(=O)N1CCc2cc(C(=O)C(C)NCCO)ccc21. The smallest absolute Gasteiger partial charge is 0.223 e. The van der Waals surface area contributed by atoms with Crippen molar-refractivity contribution in [2.45, 2.75) is 26.3 Å². The van der Waals surface area contributed by atoms with E-state index in [1.807, 2.05) is 12.1 Å². The molecular formula is C15H20N2O3. The van der Waals surface area contributed by atoms with Gasteiger partial charge < -0.3 is 15.3 Å². The molecule has 0 saturated carbocycles. The molecule has 1 aliphatic heterocycles. The van der Waals surface area contributed by atoms with E-state index in [1.54, 1.807) is 24.8 Å².